The first-order valence-corrected chi connectivity index (χ1v) is 16.8. The Labute approximate surface area is 245 Å². The van der Waals surface area contributed by atoms with E-state index in [0.29, 0.717) is 50.0 Å². The lowest BCUT2D eigenvalue weighted by Crippen LogP contribution is -2.51. The average Bonchev–Trinajstić information content (AvgIpc) is 3.27. The molecule has 4 aliphatic carbocycles. The van der Waals surface area contributed by atoms with Crippen LogP contribution in [0.3, 0.4) is 0 Å². The fourth-order valence-electron chi connectivity index (χ4n) is 9.65. The minimum Gasteiger partial charge on any atom is -0.464 e. The van der Waals surface area contributed by atoms with Gasteiger partial charge in [0.05, 0.1) is 39.1 Å². The van der Waals surface area contributed by atoms with Gasteiger partial charge in [-0.05, 0) is 105 Å². The first-order chi connectivity index (χ1) is 19.2. The normalized spacial score (nSPS) is 36.0. The van der Waals surface area contributed by atoms with Gasteiger partial charge in [0, 0.05) is 0 Å². The van der Waals surface area contributed by atoms with E-state index in [-0.39, 0.29) is 12.6 Å². The molecule has 40 heavy (non-hydrogen) atoms. The predicted molar refractivity (Wildman–Crippen MR) is 161 cm³/mol. The molecule has 8 atom stereocenters. The average molecular weight is 561 g/mol. The smallest absolute Gasteiger partial charge is 0.332 e. The van der Waals surface area contributed by atoms with Crippen LogP contribution < -0.4 is 0 Å². The Kier molecular flexibility index (Phi) is 11.6. The zero-order valence-electron chi connectivity index (χ0n) is 26.7. The van der Waals surface area contributed by atoms with E-state index in [0.717, 1.165) is 48.3 Å². The molecule has 0 amide bonds. The second-order valence-electron chi connectivity index (χ2n) is 14.5. The Balaban J connectivity index is 1.22. The third-order valence-electron chi connectivity index (χ3n) is 11.7. The van der Waals surface area contributed by atoms with Crippen LogP contribution in [-0.2, 0) is 23.7 Å². The van der Waals surface area contributed by atoms with Crippen molar-refractivity contribution in [2.75, 3.05) is 39.6 Å². The maximum absolute atomic E-state index is 11.3. The van der Waals surface area contributed by atoms with Crippen molar-refractivity contribution in [1.82, 2.24) is 0 Å². The molecule has 4 aliphatic rings. The topological polar surface area (TPSA) is 54.0 Å². The minimum absolute atomic E-state index is 0.0103. The van der Waals surface area contributed by atoms with Gasteiger partial charge in [0.15, 0.2) is 0 Å². The van der Waals surface area contributed by atoms with Crippen LogP contribution in [0.2, 0.25) is 0 Å². The molecular weight excluding hydrogens is 500 g/mol. The Morgan fingerprint density at radius 3 is 2.50 bits per heavy atom. The summed E-state index contributed by atoms with van der Waals surface area (Å²) in [5.41, 5.74) is 2.63. The summed E-state index contributed by atoms with van der Waals surface area (Å²) in [5.74, 6) is 4.99. The lowest BCUT2D eigenvalue weighted by Gasteiger charge is -2.58. The summed E-state index contributed by atoms with van der Waals surface area (Å²) >= 11 is 0. The molecule has 0 heterocycles. The van der Waals surface area contributed by atoms with Gasteiger partial charge in [0.25, 0.3) is 0 Å². The molecule has 230 valence electrons. The zero-order chi connectivity index (χ0) is 28.8. The zero-order valence-corrected chi connectivity index (χ0v) is 26.7. The molecule has 5 nitrogen and oxygen atoms in total. The van der Waals surface area contributed by atoms with Crippen molar-refractivity contribution in [1.29, 1.82) is 0 Å². The van der Waals surface area contributed by atoms with E-state index in [1.807, 2.05) is 0 Å². The van der Waals surface area contributed by atoms with Gasteiger partial charge >= 0.3 is 5.97 Å². The van der Waals surface area contributed by atoms with Gasteiger partial charge in [-0.25, -0.2) is 4.79 Å². The highest BCUT2D eigenvalue weighted by atomic mass is 16.6. The molecule has 0 aromatic heterocycles. The van der Waals surface area contributed by atoms with Gasteiger partial charge < -0.3 is 18.9 Å². The Morgan fingerprint density at radius 1 is 0.950 bits per heavy atom. The quantitative estimate of drug-likeness (QED) is 0.115. The molecule has 0 bridgehead atoms. The molecule has 0 radical (unpaired) electrons. The second-order valence-corrected chi connectivity index (χ2v) is 14.5. The highest BCUT2D eigenvalue weighted by molar-refractivity contribution is 5.70. The highest BCUT2D eigenvalue weighted by Gasteiger charge is 2.59. The van der Waals surface area contributed by atoms with Gasteiger partial charge in [-0.15, -0.1) is 0 Å². The van der Waals surface area contributed by atoms with Gasteiger partial charge in [-0.2, -0.15) is 0 Å². The van der Waals surface area contributed by atoms with E-state index in [2.05, 4.69) is 40.7 Å². The summed E-state index contributed by atoms with van der Waals surface area (Å²) in [6.45, 7) is 16.8. The van der Waals surface area contributed by atoms with Crippen LogP contribution in [0.25, 0.3) is 0 Å². The fraction of sp³-hybridized carbons (Fsp3) is 0.914. The van der Waals surface area contributed by atoms with Crippen LogP contribution in [-0.4, -0.2) is 51.7 Å². The minimum atomic E-state index is -0.324. The molecule has 0 aliphatic heterocycles. The maximum atomic E-state index is 11.3. The number of ether oxygens (including phenoxy) is 4. The van der Waals surface area contributed by atoms with Crippen LogP contribution >= 0.6 is 0 Å². The number of hydrogen-bond donors (Lipinski definition) is 0. The van der Waals surface area contributed by atoms with Crippen LogP contribution in [0.1, 0.15) is 112 Å². The molecule has 8 unspecified atom stereocenters. The van der Waals surface area contributed by atoms with E-state index < -0.39 is 0 Å². The number of allylic oxidation sites excluding steroid dienone is 1. The van der Waals surface area contributed by atoms with Crippen molar-refractivity contribution in [3.8, 4) is 0 Å². The maximum Gasteiger partial charge on any atom is 0.332 e. The summed E-state index contributed by atoms with van der Waals surface area (Å²) < 4.78 is 22.1. The Bertz CT molecular complexity index is 838. The van der Waals surface area contributed by atoms with Crippen molar-refractivity contribution in [3.05, 3.63) is 11.6 Å². The molecule has 0 aromatic rings. The summed E-state index contributed by atoms with van der Waals surface area (Å²) in [4.78, 5) is 11.3. The van der Waals surface area contributed by atoms with Gasteiger partial charge in [-0.1, -0.05) is 65.5 Å². The van der Waals surface area contributed by atoms with Crippen molar-refractivity contribution < 1.29 is 23.7 Å². The van der Waals surface area contributed by atoms with E-state index in [4.69, 9.17) is 18.9 Å². The summed E-state index contributed by atoms with van der Waals surface area (Å²) in [5, 5.41) is 0. The van der Waals surface area contributed by atoms with E-state index in [9.17, 15) is 4.79 Å². The first kappa shape index (κ1) is 32.0. The Morgan fingerprint density at radius 2 is 1.73 bits per heavy atom. The number of rotatable bonds is 15. The van der Waals surface area contributed by atoms with Gasteiger partial charge in [0.1, 0.15) is 6.61 Å². The molecule has 0 saturated heterocycles. The molecule has 0 aromatic carbocycles. The molecular formula is C35H60O5. The van der Waals surface area contributed by atoms with Crippen LogP contribution in [0.4, 0.5) is 0 Å². The number of esters is 1. The largest absolute Gasteiger partial charge is 0.464 e. The standard InChI is InChI=1S/C35H60O5/c1-7-39-33(36)24-38-20-19-37-21-22-40-28-15-17-34(5)27(23-28)11-12-29-31-14-13-30(26(4)10-8-9-25(2)3)35(31,6)18-16-32(29)34/h11,25-26,28-32H,7-10,12-24H2,1-6H3. The van der Waals surface area contributed by atoms with Crippen molar-refractivity contribution in [2.45, 2.75) is 118 Å². The second kappa shape index (κ2) is 14.5. The van der Waals surface area contributed by atoms with Crippen LogP contribution in [0.15, 0.2) is 11.6 Å². The summed E-state index contributed by atoms with van der Waals surface area (Å²) in [6.07, 6.45) is 17.8. The number of fused-ring (bicyclic) bond motifs is 5. The van der Waals surface area contributed by atoms with Gasteiger partial charge in [0.2, 0.25) is 0 Å². The summed E-state index contributed by atoms with van der Waals surface area (Å²) in [7, 11) is 0. The van der Waals surface area contributed by atoms with Crippen molar-refractivity contribution in [3.63, 3.8) is 0 Å². The fourth-order valence-corrected chi connectivity index (χ4v) is 9.65. The molecule has 5 heteroatoms. The van der Waals surface area contributed by atoms with E-state index >= 15 is 0 Å². The lowest BCUT2D eigenvalue weighted by atomic mass is 9.47. The first-order valence-electron chi connectivity index (χ1n) is 16.8. The molecule has 3 saturated carbocycles. The third kappa shape index (κ3) is 7.35. The number of carbonyl (C=O) groups is 1. The van der Waals surface area contributed by atoms with E-state index in [1.165, 1.54) is 57.8 Å². The van der Waals surface area contributed by atoms with E-state index in [1.54, 1.807) is 12.5 Å². The summed E-state index contributed by atoms with van der Waals surface area (Å²) in [6, 6.07) is 0. The van der Waals surface area contributed by atoms with Crippen LogP contribution in [0.5, 0.6) is 0 Å². The number of hydrogen-bond acceptors (Lipinski definition) is 5. The molecule has 3 fully saturated rings. The SMILES string of the molecule is CCOC(=O)COCCOCCOC1CCC2(C)C(=CCC3C2CCC2(C)C(C(C)CCCC(C)C)CCC32)C1. The molecule has 0 spiro atoms. The highest BCUT2D eigenvalue weighted by Crippen LogP contribution is 2.67. The third-order valence-corrected chi connectivity index (χ3v) is 11.7. The molecule has 4 rings (SSSR count). The Hall–Kier alpha value is -0.910. The lowest BCUT2D eigenvalue weighted by molar-refractivity contribution is -0.149. The number of carbonyl (C=O) groups excluding carboxylic acids is 1. The van der Waals surface area contributed by atoms with Gasteiger partial charge in [-0.3, -0.25) is 0 Å². The molecule has 0 N–H and O–H groups in total. The van der Waals surface area contributed by atoms with Crippen molar-refractivity contribution in [2.24, 2.45) is 46.3 Å². The van der Waals surface area contributed by atoms with Crippen molar-refractivity contribution >= 4 is 5.97 Å². The monoisotopic (exact) mass is 560 g/mol. The predicted octanol–water partition coefficient (Wildman–Crippen LogP) is 8.01. The van der Waals surface area contributed by atoms with Crippen LogP contribution in [0, 0.1) is 46.3 Å².